The van der Waals surface area contributed by atoms with Crippen LogP contribution >= 0.6 is 0 Å². The van der Waals surface area contributed by atoms with E-state index in [1.54, 1.807) is 6.92 Å². The van der Waals surface area contributed by atoms with Gasteiger partial charge in [0, 0.05) is 13.5 Å². The van der Waals surface area contributed by atoms with E-state index in [1.165, 1.54) is 11.8 Å². The maximum atomic E-state index is 9.09. The standard InChI is InChI=1S/C6H12N2O2/c1-5-7-3-4-8(5)6(2,9)10/h9-10H,3-4H2,1-2H3. The van der Waals surface area contributed by atoms with Crippen molar-refractivity contribution >= 4 is 5.84 Å². The van der Waals surface area contributed by atoms with Gasteiger partial charge in [-0.15, -0.1) is 0 Å². The second-order valence-electron chi connectivity index (χ2n) is 2.55. The lowest BCUT2D eigenvalue weighted by molar-refractivity contribution is -0.221. The molecule has 0 fully saturated rings. The van der Waals surface area contributed by atoms with Crippen LogP contribution in [-0.2, 0) is 0 Å². The zero-order valence-electron chi connectivity index (χ0n) is 6.20. The van der Waals surface area contributed by atoms with Gasteiger partial charge in [-0.1, -0.05) is 0 Å². The average Bonchev–Trinajstić information content (AvgIpc) is 2.11. The molecule has 0 aliphatic carbocycles. The van der Waals surface area contributed by atoms with E-state index in [0.29, 0.717) is 18.9 Å². The number of amidine groups is 1. The van der Waals surface area contributed by atoms with Crippen LogP contribution in [0.15, 0.2) is 4.99 Å². The third-order valence-electron chi connectivity index (χ3n) is 1.57. The van der Waals surface area contributed by atoms with Gasteiger partial charge in [0.2, 0.25) is 5.91 Å². The van der Waals surface area contributed by atoms with Crippen molar-refractivity contribution in [2.45, 2.75) is 19.8 Å². The summed E-state index contributed by atoms with van der Waals surface area (Å²) in [7, 11) is 0. The summed E-state index contributed by atoms with van der Waals surface area (Å²) in [6.07, 6.45) is 0. The molecule has 0 aromatic heterocycles. The van der Waals surface area contributed by atoms with E-state index in [1.807, 2.05) is 0 Å². The van der Waals surface area contributed by atoms with Crippen LogP contribution in [-0.4, -0.2) is 39.9 Å². The number of hydrogen-bond acceptors (Lipinski definition) is 4. The molecule has 4 heteroatoms. The van der Waals surface area contributed by atoms with Gasteiger partial charge in [0.15, 0.2) is 0 Å². The molecule has 1 aliphatic heterocycles. The predicted molar refractivity (Wildman–Crippen MR) is 37.5 cm³/mol. The number of rotatable bonds is 1. The van der Waals surface area contributed by atoms with E-state index in [0.717, 1.165) is 0 Å². The highest BCUT2D eigenvalue weighted by molar-refractivity contribution is 5.81. The highest BCUT2D eigenvalue weighted by Gasteiger charge is 2.28. The molecular formula is C6H12N2O2. The minimum absolute atomic E-state index is 0.593. The highest BCUT2D eigenvalue weighted by Crippen LogP contribution is 2.11. The number of nitrogens with zero attached hydrogens (tertiary/aromatic N) is 2. The lowest BCUT2D eigenvalue weighted by Crippen LogP contribution is -2.47. The minimum Gasteiger partial charge on any atom is -0.349 e. The Balaban J connectivity index is 2.67. The van der Waals surface area contributed by atoms with Crippen LogP contribution in [0.2, 0.25) is 0 Å². The Bertz CT molecular complexity index is 160. The SMILES string of the molecule is CC1=NCCN1C(C)(O)O. The van der Waals surface area contributed by atoms with Crippen molar-refractivity contribution in [2.24, 2.45) is 4.99 Å². The molecule has 1 heterocycles. The molecule has 2 N–H and O–H groups in total. The van der Waals surface area contributed by atoms with E-state index in [2.05, 4.69) is 4.99 Å². The highest BCUT2D eigenvalue weighted by atomic mass is 16.5. The summed E-state index contributed by atoms with van der Waals surface area (Å²) in [4.78, 5) is 5.46. The normalized spacial score (nSPS) is 19.6. The Hall–Kier alpha value is -0.610. The van der Waals surface area contributed by atoms with Gasteiger partial charge >= 0.3 is 0 Å². The van der Waals surface area contributed by atoms with Crippen LogP contribution < -0.4 is 0 Å². The Labute approximate surface area is 59.8 Å². The van der Waals surface area contributed by atoms with E-state index in [4.69, 9.17) is 10.2 Å². The summed E-state index contributed by atoms with van der Waals surface area (Å²) in [5, 5.41) is 18.2. The molecule has 1 rings (SSSR count). The van der Waals surface area contributed by atoms with Crippen molar-refractivity contribution in [2.75, 3.05) is 13.1 Å². The second-order valence-corrected chi connectivity index (χ2v) is 2.55. The van der Waals surface area contributed by atoms with Crippen molar-refractivity contribution in [3.05, 3.63) is 0 Å². The van der Waals surface area contributed by atoms with Crippen LogP contribution in [0.5, 0.6) is 0 Å². The molecule has 1 aliphatic rings. The summed E-state index contributed by atoms with van der Waals surface area (Å²) in [5.41, 5.74) is 0. The van der Waals surface area contributed by atoms with Gasteiger partial charge in [0.25, 0.3) is 0 Å². The molecule has 0 saturated carbocycles. The Morgan fingerprint density at radius 2 is 2.20 bits per heavy atom. The van der Waals surface area contributed by atoms with Crippen LogP contribution in [0.3, 0.4) is 0 Å². The first-order valence-electron chi connectivity index (χ1n) is 3.25. The van der Waals surface area contributed by atoms with Crippen molar-refractivity contribution in [1.82, 2.24) is 4.90 Å². The lowest BCUT2D eigenvalue weighted by atomic mass is 10.4. The zero-order chi connectivity index (χ0) is 7.78. The van der Waals surface area contributed by atoms with E-state index in [9.17, 15) is 0 Å². The van der Waals surface area contributed by atoms with Gasteiger partial charge in [-0.2, -0.15) is 0 Å². The molecule has 0 saturated heterocycles. The van der Waals surface area contributed by atoms with Gasteiger partial charge in [0.1, 0.15) is 0 Å². The fraction of sp³-hybridized carbons (Fsp3) is 0.833. The Morgan fingerprint density at radius 3 is 2.40 bits per heavy atom. The van der Waals surface area contributed by atoms with E-state index >= 15 is 0 Å². The third-order valence-corrected chi connectivity index (χ3v) is 1.57. The average molecular weight is 144 g/mol. The third kappa shape index (κ3) is 1.27. The maximum absolute atomic E-state index is 9.09. The molecular weight excluding hydrogens is 132 g/mol. The van der Waals surface area contributed by atoms with Gasteiger partial charge in [-0.3, -0.25) is 4.99 Å². The first kappa shape index (κ1) is 7.50. The van der Waals surface area contributed by atoms with Crippen LogP contribution in [0, 0.1) is 0 Å². The topological polar surface area (TPSA) is 56.1 Å². The molecule has 0 radical (unpaired) electrons. The minimum atomic E-state index is -1.75. The van der Waals surface area contributed by atoms with Crippen LogP contribution in [0.1, 0.15) is 13.8 Å². The summed E-state index contributed by atoms with van der Waals surface area (Å²) >= 11 is 0. The smallest absolute Gasteiger partial charge is 0.244 e. The van der Waals surface area contributed by atoms with E-state index < -0.39 is 5.91 Å². The molecule has 10 heavy (non-hydrogen) atoms. The monoisotopic (exact) mass is 144 g/mol. The predicted octanol–water partition coefficient (Wildman–Crippen LogP) is -0.621. The van der Waals surface area contributed by atoms with Crippen molar-refractivity contribution in [1.29, 1.82) is 0 Å². The van der Waals surface area contributed by atoms with Crippen LogP contribution in [0.25, 0.3) is 0 Å². The maximum Gasteiger partial charge on any atom is 0.244 e. The molecule has 0 amide bonds. The number of aliphatic hydroxyl groups is 2. The summed E-state index contributed by atoms with van der Waals surface area (Å²) in [5.74, 6) is -1.06. The van der Waals surface area contributed by atoms with Crippen molar-refractivity contribution in [3.8, 4) is 0 Å². The molecule has 0 aromatic carbocycles. The van der Waals surface area contributed by atoms with Gasteiger partial charge in [-0.25, -0.2) is 0 Å². The molecule has 0 aromatic rings. The van der Waals surface area contributed by atoms with Crippen LogP contribution in [0.4, 0.5) is 0 Å². The Kier molecular flexibility index (Phi) is 1.66. The summed E-state index contributed by atoms with van der Waals surface area (Å²) in [6.45, 7) is 4.34. The van der Waals surface area contributed by atoms with E-state index in [-0.39, 0.29) is 0 Å². The second kappa shape index (κ2) is 2.21. The fourth-order valence-electron chi connectivity index (χ4n) is 1.08. The van der Waals surface area contributed by atoms with Gasteiger partial charge in [0.05, 0.1) is 12.4 Å². The lowest BCUT2D eigenvalue weighted by Gasteiger charge is -2.29. The van der Waals surface area contributed by atoms with Crippen molar-refractivity contribution in [3.63, 3.8) is 0 Å². The zero-order valence-corrected chi connectivity index (χ0v) is 6.20. The fourth-order valence-corrected chi connectivity index (χ4v) is 1.08. The molecule has 58 valence electrons. The van der Waals surface area contributed by atoms with Gasteiger partial charge in [-0.05, 0) is 6.92 Å². The number of aliphatic imine (C=N–C) groups is 1. The quantitative estimate of drug-likeness (QED) is 0.482. The largest absolute Gasteiger partial charge is 0.349 e. The first-order chi connectivity index (χ1) is 4.52. The van der Waals surface area contributed by atoms with Gasteiger partial charge < -0.3 is 15.1 Å². The molecule has 0 bridgehead atoms. The molecule has 4 nitrogen and oxygen atoms in total. The first-order valence-corrected chi connectivity index (χ1v) is 3.25. The summed E-state index contributed by atoms with van der Waals surface area (Å²) < 4.78 is 0. The molecule has 0 atom stereocenters. The Morgan fingerprint density at radius 1 is 1.60 bits per heavy atom. The molecule has 0 unspecified atom stereocenters. The number of hydrogen-bond donors (Lipinski definition) is 2. The molecule has 0 spiro atoms. The van der Waals surface area contributed by atoms with Crippen molar-refractivity contribution < 1.29 is 10.2 Å². The summed E-state index contributed by atoms with van der Waals surface area (Å²) in [6, 6.07) is 0.